The Morgan fingerprint density at radius 3 is 2.64 bits per heavy atom. The average molecular weight is 197 g/mol. The van der Waals surface area contributed by atoms with Gasteiger partial charge in [-0.15, -0.1) is 0 Å². The van der Waals surface area contributed by atoms with Crippen molar-refractivity contribution >= 4 is 5.97 Å². The normalized spacial score (nSPS) is 42.9. The number of carboxylic acid groups (broad SMARTS) is 1. The van der Waals surface area contributed by atoms with Gasteiger partial charge in [-0.05, 0) is 50.6 Å². The van der Waals surface area contributed by atoms with E-state index in [1.807, 2.05) is 0 Å². The summed E-state index contributed by atoms with van der Waals surface area (Å²) in [6.45, 7) is 4.11. The molecule has 2 aliphatic rings. The van der Waals surface area contributed by atoms with E-state index in [0.29, 0.717) is 11.8 Å². The molecule has 1 aliphatic carbocycles. The third kappa shape index (κ3) is 1.44. The van der Waals surface area contributed by atoms with Gasteiger partial charge in [-0.25, -0.2) is 0 Å². The predicted octanol–water partition coefficient (Wildman–Crippen LogP) is 1.49. The maximum absolute atomic E-state index is 11.3. The molecule has 3 heteroatoms. The molecule has 14 heavy (non-hydrogen) atoms. The van der Waals surface area contributed by atoms with Gasteiger partial charge in [0.1, 0.15) is 0 Å². The molecule has 0 bridgehead atoms. The molecule has 1 saturated heterocycles. The van der Waals surface area contributed by atoms with Crippen molar-refractivity contribution in [2.24, 2.45) is 17.3 Å². The van der Waals surface area contributed by atoms with Gasteiger partial charge in [-0.2, -0.15) is 0 Å². The summed E-state index contributed by atoms with van der Waals surface area (Å²) in [6.07, 6.45) is 3.99. The van der Waals surface area contributed by atoms with E-state index in [1.54, 1.807) is 0 Å². The van der Waals surface area contributed by atoms with Crippen LogP contribution in [0, 0.1) is 17.3 Å². The Kier molecular flexibility index (Phi) is 2.52. The zero-order valence-electron chi connectivity index (χ0n) is 8.75. The summed E-state index contributed by atoms with van der Waals surface area (Å²) in [6, 6.07) is 0. The molecule has 1 saturated carbocycles. The molecule has 0 amide bonds. The maximum Gasteiger partial charge on any atom is 0.309 e. The van der Waals surface area contributed by atoms with Gasteiger partial charge in [0.2, 0.25) is 0 Å². The number of hydrogen-bond donors (Lipinski definition) is 2. The van der Waals surface area contributed by atoms with E-state index in [9.17, 15) is 9.90 Å². The van der Waals surface area contributed by atoms with Crippen LogP contribution in [0.25, 0.3) is 0 Å². The van der Waals surface area contributed by atoms with Gasteiger partial charge in [0.15, 0.2) is 0 Å². The SMILES string of the molecule is CC1CC(C(=O)O)(C2CCCNC2)C1. The molecule has 0 aromatic rings. The zero-order valence-corrected chi connectivity index (χ0v) is 8.75. The van der Waals surface area contributed by atoms with Gasteiger partial charge in [0, 0.05) is 0 Å². The fourth-order valence-electron chi connectivity index (χ4n) is 3.19. The first-order chi connectivity index (χ1) is 6.65. The van der Waals surface area contributed by atoms with Crippen LogP contribution in [-0.2, 0) is 4.79 Å². The maximum atomic E-state index is 11.3. The Bertz CT molecular complexity index is 227. The highest BCUT2D eigenvalue weighted by Crippen LogP contribution is 2.52. The van der Waals surface area contributed by atoms with Crippen LogP contribution in [0.5, 0.6) is 0 Å². The van der Waals surface area contributed by atoms with E-state index in [2.05, 4.69) is 12.2 Å². The molecule has 1 heterocycles. The first-order valence-corrected chi connectivity index (χ1v) is 5.59. The van der Waals surface area contributed by atoms with Gasteiger partial charge < -0.3 is 10.4 Å². The highest BCUT2D eigenvalue weighted by Gasteiger charge is 2.53. The van der Waals surface area contributed by atoms with Gasteiger partial charge in [0.05, 0.1) is 5.41 Å². The topological polar surface area (TPSA) is 49.3 Å². The van der Waals surface area contributed by atoms with Crippen LogP contribution in [0.4, 0.5) is 0 Å². The fraction of sp³-hybridized carbons (Fsp3) is 0.909. The van der Waals surface area contributed by atoms with E-state index in [4.69, 9.17) is 0 Å². The van der Waals surface area contributed by atoms with Crippen molar-refractivity contribution < 1.29 is 9.90 Å². The monoisotopic (exact) mass is 197 g/mol. The molecule has 2 rings (SSSR count). The van der Waals surface area contributed by atoms with Crippen molar-refractivity contribution in [1.82, 2.24) is 5.32 Å². The third-order valence-electron chi connectivity index (χ3n) is 3.93. The van der Waals surface area contributed by atoms with E-state index < -0.39 is 5.97 Å². The van der Waals surface area contributed by atoms with Crippen molar-refractivity contribution in [3.8, 4) is 0 Å². The first-order valence-electron chi connectivity index (χ1n) is 5.59. The number of piperidine rings is 1. The van der Waals surface area contributed by atoms with Crippen LogP contribution in [0.2, 0.25) is 0 Å². The van der Waals surface area contributed by atoms with Crippen LogP contribution in [0.1, 0.15) is 32.6 Å². The molecule has 0 spiro atoms. The largest absolute Gasteiger partial charge is 0.481 e. The van der Waals surface area contributed by atoms with Gasteiger partial charge in [0.25, 0.3) is 0 Å². The standard InChI is InChI=1S/C11H19NO2/c1-8-5-11(6-8,10(13)14)9-3-2-4-12-7-9/h8-9,12H,2-7H2,1H3,(H,13,14). The Hall–Kier alpha value is -0.570. The summed E-state index contributed by atoms with van der Waals surface area (Å²) in [4.78, 5) is 11.3. The second-order valence-corrected chi connectivity index (χ2v) is 5.02. The first kappa shape index (κ1) is 9.97. The van der Waals surface area contributed by atoms with Crippen LogP contribution < -0.4 is 5.32 Å². The van der Waals surface area contributed by atoms with Crippen LogP contribution >= 0.6 is 0 Å². The summed E-state index contributed by atoms with van der Waals surface area (Å²) in [5.41, 5.74) is -0.382. The highest BCUT2D eigenvalue weighted by molar-refractivity contribution is 5.76. The number of carbonyl (C=O) groups is 1. The Labute approximate surface area is 84.9 Å². The van der Waals surface area contributed by atoms with Gasteiger partial charge in [-0.1, -0.05) is 6.92 Å². The quantitative estimate of drug-likeness (QED) is 0.705. The molecule has 0 aromatic carbocycles. The zero-order chi connectivity index (χ0) is 10.2. The minimum absolute atomic E-state index is 0.366. The van der Waals surface area contributed by atoms with Crippen LogP contribution in [0.3, 0.4) is 0 Å². The molecule has 2 fully saturated rings. The van der Waals surface area contributed by atoms with Crippen LogP contribution in [0.15, 0.2) is 0 Å². The van der Waals surface area contributed by atoms with Crippen molar-refractivity contribution in [2.75, 3.05) is 13.1 Å². The van der Waals surface area contributed by atoms with Crippen molar-refractivity contribution in [2.45, 2.75) is 32.6 Å². The Morgan fingerprint density at radius 1 is 1.50 bits per heavy atom. The van der Waals surface area contributed by atoms with Crippen molar-refractivity contribution in [3.05, 3.63) is 0 Å². The summed E-state index contributed by atoms with van der Waals surface area (Å²) >= 11 is 0. The molecule has 0 aromatic heterocycles. The van der Waals surface area contributed by atoms with E-state index >= 15 is 0 Å². The Balaban J connectivity index is 2.07. The van der Waals surface area contributed by atoms with E-state index in [-0.39, 0.29) is 5.41 Å². The average Bonchev–Trinajstić information content (AvgIpc) is 2.13. The van der Waals surface area contributed by atoms with Crippen LogP contribution in [-0.4, -0.2) is 24.2 Å². The molecule has 3 nitrogen and oxygen atoms in total. The second kappa shape index (κ2) is 3.54. The smallest absolute Gasteiger partial charge is 0.309 e. The van der Waals surface area contributed by atoms with E-state index in [1.165, 1.54) is 0 Å². The van der Waals surface area contributed by atoms with E-state index in [0.717, 1.165) is 38.8 Å². The lowest BCUT2D eigenvalue weighted by molar-refractivity contribution is -0.165. The fourth-order valence-corrected chi connectivity index (χ4v) is 3.19. The lowest BCUT2D eigenvalue weighted by Gasteiger charge is -2.49. The minimum atomic E-state index is -0.565. The highest BCUT2D eigenvalue weighted by atomic mass is 16.4. The predicted molar refractivity (Wildman–Crippen MR) is 54.1 cm³/mol. The lowest BCUT2D eigenvalue weighted by atomic mass is 9.55. The number of nitrogens with one attached hydrogen (secondary N) is 1. The van der Waals surface area contributed by atoms with Crippen molar-refractivity contribution in [3.63, 3.8) is 0 Å². The third-order valence-corrected chi connectivity index (χ3v) is 3.93. The molecule has 2 N–H and O–H groups in total. The minimum Gasteiger partial charge on any atom is -0.481 e. The molecule has 1 unspecified atom stereocenters. The molecule has 1 aliphatic heterocycles. The summed E-state index contributed by atoms with van der Waals surface area (Å²) in [5.74, 6) is 0.405. The second-order valence-electron chi connectivity index (χ2n) is 5.02. The summed E-state index contributed by atoms with van der Waals surface area (Å²) in [7, 11) is 0. The molecule has 1 atom stereocenters. The molecule has 80 valence electrons. The number of carboxylic acids is 1. The Morgan fingerprint density at radius 2 is 2.21 bits per heavy atom. The van der Waals surface area contributed by atoms with Crippen molar-refractivity contribution in [1.29, 1.82) is 0 Å². The number of hydrogen-bond acceptors (Lipinski definition) is 2. The molecular weight excluding hydrogens is 178 g/mol. The number of aliphatic carboxylic acids is 1. The number of rotatable bonds is 2. The van der Waals surface area contributed by atoms with Gasteiger partial charge >= 0.3 is 5.97 Å². The van der Waals surface area contributed by atoms with Gasteiger partial charge in [-0.3, -0.25) is 4.79 Å². The summed E-state index contributed by atoms with van der Waals surface area (Å²) < 4.78 is 0. The lowest BCUT2D eigenvalue weighted by Crippen LogP contribution is -2.53. The molecule has 0 radical (unpaired) electrons. The molecular formula is C11H19NO2. The summed E-state index contributed by atoms with van der Waals surface area (Å²) in [5, 5.41) is 12.6.